The Morgan fingerprint density at radius 3 is 2.16 bits per heavy atom. The van der Waals surface area contributed by atoms with Crippen LogP contribution in [0, 0.1) is 17.8 Å². The summed E-state index contributed by atoms with van der Waals surface area (Å²) < 4.78 is 37.3. The quantitative estimate of drug-likeness (QED) is 0.207. The molecule has 6 N–H and O–H groups in total. The standard InChI is InChI=1S/C37H70N2O12/c1-14-26-37(10,45)30(41)23(6)39(12)18-19(2)16-35(8,44)32(51-34-28(40)25(38-11)15-20(3)47-34)21(4)29(22(5)33(43)49-26)50-27-17-36(9,46-13)31(42)24(7)48-27/h19-32,34,38,40-42,44-45H,14-18H2,1-13H3/t19-,20-,21+,22-,23-,24+,25+,26-,27-,28+,29-,30-,31-,32-,34+,35-,36?,37-/m1/s1. The number of nitrogens with zero attached hydrogens (tertiary/aromatic N) is 1. The summed E-state index contributed by atoms with van der Waals surface area (Å²) in [7, 11) is 5.10. The Balaban J connectivity index is 2.16. The second kappa shape index (κ2) is 17.6. The molecule has 0 radical (unpaired) electrons. The molecule has 0 amide bonds. The first-order valence-corrected chi connectivity index (χ1v) is 18.8. The molecule has 0 aromatic heterocycles. The number of nitrogens with one attached hydrogen (secondary N) is 1. The van der Waals surface area contributed by atoms with Gasteiger partial charge < -0.3 is 64.2 Å². The largest absolute Gasteiger partial charge is 0.459 e. The number of ether oxygens (including phenoxy) is 6. The summed E-state index contributed by atoms with van der Waals surface area (Å²) in [5.74, 6) is -2.59. The number of methoxy groups -OCH3 is 1. The van der Waals surface area contributed by atoms with E-state index in [-0.39, 0.29) is 37.3 Å². The summed E-state index contributed by atoms with van der Waals surface area (Å²) in [4.78, 5) is 16.1. The highest BCUT2D eigenvalue weighted by Crippen LogP contribution is 2.40. The molecule has 0 bridgehead atoms. The van der Waals surface area contributed by atoms with Crippen LogP contribution in [0.25, 0.3) is 0 Å². The highest BCUT2D eigenvalue weighted by Gasteiger charge is 2.52. The highest BCUT2D eigenvalue weighted by molar-refractivity contribution is 5.73. The molecule has 0 spiro atoms. The minimum absolute atomic E-state index is 0.132. The molecule has 0 aromatic carbocycles. The number of aliphatic hydroxyl groups excluding tert-OH is 3. The van der Waals surface area contributed by atoms with Gasteiger partial charge in [0.15, 0.2) is 12.6 Å². The van der Waals surface area contributed by atoms with Gasteiger partial charge in [0, 0.05) is 38.1 Å². The molecule has 3 fully saturated rings. The number of esters is 1. The van der Waals surface area contributed by atoms with Gasteiger partial charge >= 0.3 is 5.97 Å². The Labute approximate surface area is 305 Å². The van der Waals surface area contributed by atoms with Crippen LogP contribution >= 0.6 is 0 Å². The molecule has 0 aromatic rings. The Bertz CT molecular complexity index is 1110. The van der Waals surface area contributed by atoms with Crippen LogP contribution in [0.1, 0.15) is 94.9 Å². The van der Waals surface area contributed by atoms with E-state index in [9.17, 15) is 30.3 Å². The fraction of sp³-hybridized carbons (Fsp3) is 0.973. The number of carbonyl (C=O) groups excluding carboxylic acids is 1. The van der Waals surface area contributed by atoms with Gasteiger partial charge in [-0.15, -0.1) is 0 Å². The fourth-order valence-corrected chi connectivity index (χ4v) is 8.53. The lowest BCUT2D eigenvalue weighted by molar-refractivity contribution is -0.316. The maximum Gasteiger partial charge on any atom is 0.311 e. The minimum Gasteiger partial charge on any atom is -0.459 e. The van der Waals surface area contributed by atoms with E-state index in [0.29, 0.717) is 13.0 Å². The van der Waals surface area contributed by atoms with Crippen LogP contribution in [0.15, 0.2) is 0 Å². The van der Waals surface area contributed by atoms with Crippen molar-refractivity contribution in [2.75, 3.05) is 27.7 Å². The van der Waals surface area contributed by atoms with E-state index in [1.54, 1.807) is 48.6 Å². The van der Waals surface area contributed by atoms with Gasteiger partial charge in [-0.2, -0.15) is 0 Å². The van der Waals surface area contributed by atoms with E-state index in [1.165, 1.54) is 14.0 Å². The topological polar surface area (TPSA) is 189 Å². The number of carbonyl (C=O) groups is 1. The van der Waals surface area contributed by atoms with Crippen molar-refractivity contribution in [2.24, 2.45) is 17.8 Å². The number of hydrogen-bond donors (Lipinski definition) is 6. The van der Waals surface area contributed by atoms with E-state index in [4.69, 9.17) is 28.4 Å². The molecule has 0 aliphatic carbocycles. The smallest absolute Gasteiger partial charge is 0.311 e. The molecule has 18 atom stereocenters. The van der Waals surface area contributed by atoms with Gasteiger partial charge in [-0.1, -0.05) is 20.8 Å². The summed E-state index contributed by atoms with van der Waals surface area (Å²) in [5.41, 5.74) is -4.37. The van der Waals surface area contributed by atoms with Crippen LogP contribution in [-0.4, -0.2) is 154 Å². The highest BCUT2D eigenvalue weighted by atomic mass is 16.7. The summed E-state index contributed by atoms with van der Waals surface area (Å²) in [6, 6.07) is -0.858. The van der Waals surface area contributed by atoms with Gasteiger partial charge in [-0.3, -0.25) is 4.79 Å². The Morgan fingerprint density at radius 1 is 0.961 bits per heavy atom. The van der Waals surface area contributed by atoms with Crippen LogP contribution in [0.2, 0.25) is 0 Å². The van der Waals surface area contributed by atoms with Gasteiger partial charge in [0.2, 0.25) is 0 Å². The number of hydrogen-bond acceptors (Lipinski definition) is 14. The SMILES string of the molecule is CC[C@H]1OC(=O)[C@H](C)[C@H](O[C@@H]2CC(C)(OC)[C@H](O)[C@H](C)O2)[C@H](C)[C@@H](O[C@@H]2O[C@H](C)C[C@H](NC)[C@@H]2O)[C@](C)(O)C[C@@H](C)CN(C)[C@H](C)[C@@H](O)[C@]1(C)O. The van der Waals surface area contributed by atoms with Crippen LogP contribution in [0.4, 0.5) is 0 Å². The second-order valence-corrected chi connectivity index (χ2v) is 16.5. The van der Waals surface area contributed by atoms with Crippen molar-refractivity contribution < 1.29 is 58.7 Å². The monoisotopic (exact) mass is 734 g/mol. The Morgan fingerprint density at radius 2 is 1.59 bits per heavy atom. The fourth-order valence-electron chi connectivity index (χ4n) is 8.53. The van der Waals surface area contributed by atoms with Gasteiger partial charge in [0.25, 0.3) is 0 Å². The minimum atomic E-state index is -1.80. The molecule has 0 saturated carbocycles. The average Bonchev–Trinajstić information content (AvgIpc) is 3.05. The van der Waals surface area contributed by atoms with Crippen molar-refractivity contribution in [3.63, 3.8) is 0 Å². The second-order valence-electron chi connectivity index (χ2n) is 16.5. The number of rotatable bonds is 7. The summed E-state index contributed by atoms with van der Waals surface area (Å²) in [6.45, 7) is 18.0. The molecule has 1 unspecified atom stereocenters. The van der Waals surface area contributed by atoms with E-state index in [2.05, 4.69) is 5.32 Å². The van der Waals surface area contributed by atoms with Gasteiger partial charge in [0.05, 0.1) is 41.5 Å². The molecule has 14 nitrogen and oxygen atoms in total. The van der Waals surface area contributed by atoms with Crippen molar-refractivity contribution in [3.05, 3.63) is 0 Å². The first-order chi connectivity index (χ1) is 23.5. The van der Waals surface area contributed by atoms with E-state index < -0.39 is 96.0 Å². The molecule has 3 saturated heterocycles. The summed E-state index contributed by atoms with van der Waals surface area (Å²) in [5, 5.41) is 61.0. The summed E-state index contributed by atoms with van der Waals surface area (Å²) >= 11 is 0. The predicted octanol–water partition coefficient (Wildman–Crippen LogP) is 1.56. The van der Waals surface area contributed by atoms with Crippen LogP contribution < -0.4 is 5.32 Å². The molecule has 3 heterocycles. The summed E-state index contributed by atoms with van der Waals surface area (Å²) in [6.07, 6.45) is -8.24. The first-order valence-electron chi connectivity index (χ1n) is 18.8. The van der Waals surface area contributed by atoms with E-state index in [0.717, 1.165) is 0 Å². The van der Waals surface area contributed by atoms with Crippen molar-refractivity contribution in [2.45, 2.75) is 185 Å². The third-order valence-corrected chi connectivity index (χ3v) is 11.9. The maximum atomic E-state index is 14.2. The molecular weight excluding hydrogens is 664 g/mol. The zero-order valence-electron chi connectivity index (χ0n) is 33.2. The Hall–Kier alpha value is -1.01. The molecule has 3 rings (SSSR count). The predicted molar refractivity (Wildman–Crippen MR) is 190 cm³/mol. The van der Waals surface area contributed by atoms with Gasteiger partial charge in [-0.05, 0) is 87.7 Å². The molecule has 14 heteroatoms. The normalized spacial score (nSPS) is 50.2. The number of aliphatic hydroxyl groups is 5. The Kier molecular flexibility index (Phi) is 15.3. The third kappa shape index (κ3) is 10.0. The lowest BCUT2D eigenvalue weighted by atomic mass is 9.77. The molecular formula is C37H70N2O12. The van der Waals surface area contributed by atoms with Crippen LogP contribution in [0.5, 0.6) is 0 Å². The van der Waals surface area contributed by atoms with Crippen molar-refractivity contribution in [1.82, 2.24) is 10.2 Å². The first kappa shape index (κ1) is 44.4. The lowest BCUT2D eigenvalue weighted by Crippen LogP contribution is -2.60. The zero-order valence-corrected chi connectivity index (χ0v) is 33.2. The van der Waals surface area contributed by atoms with E-state index in [1.807, 2.05) is 32.7 Å². The molecule has 3 aliphatic rings. The van der Waals surface area contributed by atoms with E-state index >= 15 is 0 Å². The van der Waals surface area contributed by atoms with Gasteiger partial charge in [0.1, 0.15) is 30.0 Å². The van der Waals surface area contributed by atoms with Crippen molar-refractivity contribution in [1.29, 1.82) is 0 Å². The van der Waals surface area contributed by atoms with Crippen molar-refractivity contribution >= 4 is 5.97 Å². The number of cyclic esters (lactones) is 1. The molecule has 51 heavy (non-hydrogen) atoms. The molecule has 3 aliphatic heterocycles. The maximum absolute atomic E-state index is 14.2. The molecule has 300 valence electrons. The lowest BCUT2D eigenvalue weighted by Gasteiger charge is -2.48. The van der Waals surface area contributed by atoms with Gasteiger partial charge in [-0.25, -0.2) is 0 Å². The third-order valence-electron chi connectivity index (χ3n) is 11.9. The van der Waals surface area contributed by atoms with Crippen LogP contribution in [0.3, 0.4) is 0 Å². The average molecular weight is 735 g/mol. The van der Waals surface area contributed by atoms with Crippen molar-refractivity contribution in [3.8, 4) is 0 Å². The zero-order chi connectivity index (χ0) is 38.8. The van der Waals surface area contributed by atoms with Crippen LogP contribution in [-0.2, 0) is 33.2 Å². The number of likely N-dealkylation sites (N-methyl/N-ethyl adjacent to an activating group) is 2.